The highest BCUT2D eigenvalue weighted by Crippen LogP contribution is 2.42. The molecule has 2 aliphatic heterocycles. The second-order valence-corrected chi connectivity index (χ2v) is 8.20. The number of amides is 3. The summed E-state index contributed by atoms with van der Waals surface area (Å²) in [5.41, 5.74) is 1.73. The molecule has 1 aromatic heterocycles. The van der Waals surface area contributed by atoms with Crippen LogP contribution in [0.4, 0.5) is 5.00 Å². The highest BCUT2D eigenvalue weighted by molar-refractivity contribution is 7.17. The number of rotatable bonds is 2. The van der Waals surface area contributed by atoms with Gasteiger partial charge < -0.3 is 14.7 Å². The lowest BCUT2D eigenvalue weighted by atomic mass is 9.84. The van der Waals surface area contributed by atoms with Gasteiger partial charge in [0.05, 0.1) is 12.1 Å². The highest BCUT2D eigenvalue weighted by Gasteiger charge is 2.38. The summed E-state index contributed by atoms with van der Waals surface area (Å²) in [6.07, 6.45) is 3.86. The molecular formula is C18H23N3O3S. The van der Waals surface area contributed by atoms with E-state index in [4.69, 9.17) is 0 Å². The SMILES string of the molecule is CCN1C(=O)CN(C)C(=O)c2c1sc1c2CCN(C(=O)C2CCC2)C1. The van der Waals surface area contributed by atoms with E-state index in [1.165, 1.54) is 16.2 Å². The van der Waals surface area contributed by atoms with Crippen LogP contribution in [0.25, 0.3) is 0 Å². The Labute approximate surface area is 151 Å². The van der Waals surface area contributed by atoms with Gasteiger partial charge in [-0.2, -0.15) is 0 Å². The van der Waals surface area contributed by atoms with Crippen LogP contribution in [-0.2, 0) is 22.6 Å². The van der Waals surface area contributed by atoms with E-state index in [0.29, 0.717) is 31.6 Å². The van der Waals surface area contributed by atoms with Crippen molar-refractivity contribution < 1.29 is 14.4 Å². The number of thiophene rings is 1. The van der Waals surface area contributed by atoms with Crippen molar-refractivity contribution in [2.75, 3.05) is 31.6 Å². The normalized spacial score (nSPS) is 21.0. The number of likely N-dealkylation sites (N-methyl/N-ethyl adjacent to an activating group) is 2. The van der Waals surface area contributed by atoms with Crippen LogP contribution in [0, 0.1) is 5.92 Å². The van der Waals surface area contributed by atoms with Gasteiger partial charge in [0.2, 0.25) is 11.8 Å². The summed E-state index contributed by atoms with van der Waals surface area (Å²) in [5, 5.41) is 0.768. The van der Waals surface area contributed by atoms with Gasteiger partial charge in [-0.25, -0.2) is 0 Å². The summed E-state index contributed by atoms with van der Waals surface area (Å²) < 4.78 is 0. The van der Waals surface area contributed by atoms with Gasteiger partial charge in [-0.1, -0.05) is 6.42 Å². The summed E-state index contributed by atoms with van der Waals surface area (Å²) in [4.78, 5) is 44.1. The van der Waals surface area contributed by atoms with Crippen molar-refractivity contribution >= 4 is 34.1 Å². The molecule has 0 bridgehead atoms. The number of hydrogen-bond donors (Lipinski definition) is 0. The van der Waals surface area contributed by atoms with Crippen molar-refractivity contribution in [3.63, 3.8) is 0 Å². The first-order valence-corrected chi connectivity index (χ1v) is 9.82. The Kier molecular flexibility index (Phi) is 4.06. The van der Waals surface area contributed by atoms with Gasteiger partial charge in [-0.3, -0.25) is 14.4 Å². The molecule has 6 nitrogen and oxygen atoms in total. The molecule has 25 heavy (non-hydrogen) atoms. The molecule has 1 aromatic rings. The van der Waals surface area contributed by atoms with Gasteiger partial charge in [-0.05, 0) is 31.7 Å². The molecule has 0 unspecified atom stereocenters. The van der Waals surface area contributed by atoms with Crippen LogP contribution in [0.2, 0.25) is 0 Å². The van der Waals surface area contributed by atoms with Gasteiger partial charge in [-0.15, -0.1) is 11.3 Å². The fourth-order valence-electron chi connectivity index (χ4n) is 3.89. The third-order valence-electron chi connectivity index (χ3n) is 5.60. The lowest BCUT2D eigenvalue weighted by Crippen LogP contribution is -2.41. The van der Waals surface area contributed by atoms with Crippen LogP contribution in [-0.4, -0.2) is 54.2 Å². The molecule has 0 N–H and O–H groups in total. The zero-order valence-corrected chi connectivity index (χ0v) is 15.5. The van der Waals surface area contributed by atoms with Crippen molar-refractivity contribution in [3.05, 3.63) is 16.0 Å². The fourth-order valence-corrected chi connectivity index (χ4v) is 5.32. The quantitative estimate of drug-likeness (QED) is 0.808. The highest BCUT2D eigenvalue weighted by atomic mass is 32.1. The molecule has 3 amide bonds. The van der Waals surface area contributed by atoms with Crippen LogP contribution < -0.4 is 4.90 Å². The second kappa shape index (κ2) is 6.12. The van der Waals surface area contributed by atoms with Crippen LogP contribution in [0.3, 0.4) is 0 Å². The van der Waals surface area contributed by atoms with Crippen LogP contribution in [0.1, 0.15) is 47.0 Å². The molecule has 0 radical (unpaired) electrons. The van der Waals surface area contributed by atoms with E-state index < -0.39 is 0 Å². The third kappa shape index (κ3) is 2.56. The Balaban J connectivity index is 1.70. The first kappa shape index (κ1) is 16.6. The molecule has 3 aliphatic rings. The topological polar surface area (TPSA) is 60.9 Å². The number of anilines is 1. The van der Waals surface area contributed by atoms with Gasteiger partial charge in [0.1, 0.15) is 11.5 Å². The second-order valence-electron chi connectivity index (χ2n) is 7.12. The van der Waals surface area contributed by atoms with Crippen molar-refractivity contribution in [1.29, 1.82) is 0 Å². The molecular weight excluding hydrogens is 338 g/mol. The zero-order valence-electron chi connectivity index (χ0n) is 14.7. The molecule has 134 valence electrons. The maximum Gasteiger partial charge on any atom is 0.257 e. The first-order valence-electron chi connectivity index (χ1n) is 9.00. The van der Waals surface area contributed by atoms with E-state index in [2.05, 4.69) is 0 Å². The van der Waals surface area contributed by atoms with E-state index in [1.54, 1.807) is 11.9 Å². The van der Waals surface area contributed by atoms with Gasteiger partial charge in [0, 0.05) is 30.9 Å². The molecule has 0 saturated heterocycles. The predicted molar refractivity (Wildman–Crippen MR) is 95.8 cm³/mol. The number of carbonyl (C=O) groups is 3. The number of fused-ring (bicyclic) bond motifs is 3. The van der Waals surface area contributed by atoms with Gasteiger partial charge >= 0.3 is 0 Å². The summed E-state index contributed by atoms with van der Waals surface area (Å²) >= 11 is 1.52. The number of carbonyl (C=O) groups excluding carboxylic acids is 3. The lowest BCUT2D eigenvalue weighted by Gasteiger charge is -2.34. The van der Waals surface area contributed by atoms with Crippen LogP contribution >= 0.6 is 11.3 Å². The van der Waals surface area contributed by atoms with Crippen molar-refractivity contribution in [2.24, 2.45) is 5.92 Å². The molecule has 0 atom stereocenters. The minimum Gasteiger partial charge on any atom is -0.337 e. The predicted octanol–water partition coefficient (Wildman–Crippen LogP) is 1.87. The summed E-state index contributed by atoms with van der Waals surface area (Å²) in [7, 11) is 1.68. The Morgan fingerprint density at radius 2 is 2.00 bits per heavy atom. The van der Waals surface area contributed by atoms with E-state index in [9.17, 15) is 14.4 Å². The van der Waals surface area contributed by atoms with Crippen molar-refractivity contribution in [2.45, 2.75) is 39.2 Å². The molecule has 7 heteroatoms. The Morgan fingerprint density at radius 3 is 2.64 bits per heavy atom. The van der Waals surface area contributed by atoms with Crippen LogP contribution in [0.15, 0.2) is 0 Å². The molecule has 1 saturated carbocycles. The first-order chi connectivity index (χ1) is 12.0. The van der Waals surface area contributed by atoms with Crippen LogP contribution in [0.5, 0.6) is 0 Å². The molecule has 1 fully saturated rings. The average Bonchev–Trinajstić information content (AvgIpc) is 2.87. The lowest BCUT2D eigenvalue weighted by molar-refractivity contribution is -0.139. The Morgan fingerprint density at radius 1 is 1.24 bits per heavy atom. The van der Waals surface area contributed by atoms with Crippen molar-refractivity contribution in [3.8, 4) is 0 Å². The summed E-state index contributed by atoms with van der Waals surface area (Å²) in [5.74, 6) is 0.335. The molecule has 1 aliphatic carbocycles. The van der Waals surface area contributed by atoms with E-state index in [1.807, 2.05) is 11.8 Å². The van der Waals surface area contributed by atoms with Gasteiger partial charge in [0.15, 0.2) is 0 Å². The number of hydrogen-bond acceptors (Lipinski definition) is 4. The average molecular weight is 361 g/mol. The fraction of sp³-hybridized carbons (Fsp3) is 0.611. The Bertz CT molecular complexity index is 753. The maximum absolute atomic E-state index is 12.8. The van der Waals surface area contributed by atoms with E-state index in [0.717, 1.165) is 34.7 Å². The van der Waals surface area contributed by atoms with Crippen molar-refractivity contribution in [1.82, 2.24) is 9.80 Å². The molecule has 0 spiro atoms. The molecule has 3 heterocycles. The maximum atomic E-state index is 12.8. The molecule has 0 aromatic carbocycles. The van der Waals surface area contributed by atoms with E-state index >= 15 is 0 Å². The standard InChI is InChI=1S/C18H23N3O3S/c1-3-21-14(22)10-19(2)17(24)15-12-7-8-20(9-13(12)25-18(15)21)16(23)11-5-4-6-11/h11H,3-10H2,1-2H3. The Hall–Kier alpha value is -1.89. The molecule has 4 rings (SSSR count). The number of nitrogens with zero attached hydrogens (tertiary/aromatic N) is 3. The largest absolute Gasteiger partial charge is 0.337 e. The smallest absolute Gasteiger partial charge is 0.257 e. The summed E-state index contributed by atoms with van der Waals surface area (Å²) in [6.45, 7) is 3.85. The third-order valence-corrected chi connectivity index (χ3v) is 6.84. The monoisotopic (exact) mass is 361 g/mol. The zero-order chi connectivity index (χ0) is 17.7. The van der Waals surface area contributed by atoms with Gasteiger partial charge in [0.25, 0.3) is 5.91 Å². The minimum atomic E-state index is -0.0735. The summed E-state index contributed by atoms with van der Waals surface area (Å²) in [6, 6.07) is 0. The minimum absolute atomic E-state index is 0.0434. The van der Waals surface area contributed by atoms with E-state index in [-0.39, 0.29) is 30.2 Å².